The number of nitrogens with zero attached hydrogens (tertiary/aromatic N) is 6. The lowest BCUT2D eigenvalue weighted by Crippen LogP contribution is -2.46. The Labute approximate surface area is 168 Å². The normalized spacial score (nSPS) is 15.2. The van der Waals surface area contributed by atoms with Crippen LogP contribution in [0.25, 0.3) is 0 Å². The molecule has 2 aromatic rings. The van der Waals surface area contributed by atoms with E-state index in [0.717, 1.165) is 18.8 Å². The van der Waals surface area contributed by atoms with Gasteiger partial charge in [0.05, 0.1) is 17.5 Å². The molecular weight excluding hydrogens is 375 g/mol. The monoisotopic (exact) mass is 400 g/mol. The van der Waals surface area contributed by atoms with Gasteiger partial charge in [-0.1, -0.05) is 5.22 Å². The molecule has 1 aromatic carbocycles. The molecule has 0 saturated carbocycles. The molecular formula is C19H25FN8O. The smallest absolute Gasteiger partial charge is 0.189 e. The average Bonchev–Trinajstić information content (AvgIpc) is 2.71. The van der Waals surface area contributed by atoms with E-state index in [2.05, 4.69) is 25.4 Å². The predicted octanol–water partition coefficient (Wildman–Crippen LogP) is 2.38. The zero-order chi connectivity index (χ0) is 20.8. The van der Waals surface area contributed by atoms with Crippen LogP contribution in [0.15, 0.2) is 40.8 Å². The van der Waals surface area contributed by atoms with Crippen molar-refractivity contribution in [2.24, 2.45) is 16.2 Å². The maximum Gasteiger partial charge on any atom is 0.189 e. The summed E-state index contributed by atoms with van der Waals surface area (Å²) >= 11 is 0. The minimum absolute atomic E-state index is 0.151. The van der Waals surface area contributed by atoms with E-state index in [4.69, 9.17) is 16.0 Å². The first kappa shape index (κ1) is 20.6. The summed E-state index contributed by atoms with van der Waals surface area (Å²) in [6.45, 7) is 6.97. The molecule has 0 spiro atoms. The lowest BCUT2D eigenvalue weighted by Gasteiger charge is -2.37. The van der Waals surface area contributed by atoms with Crippen LogP contribution in [0, 0.1) is 11.2 Å². The molecule has 2 heterocycles. The van der Waals surface area contributed by atoms with Gasteiger partial charge in [-0.15, -0.1) is 5.11 Å². The maximum atomic E-state index is 15.3. The zero-order valence-electron chi connectivity index (χ0n) is 16.5. The second-order valence-corrected chi connectivity index (χ2v) is 6.98. The quantitative estimate of drug-likeness (QED) is 0.253. The van der Waals surface area contributed by atoms with E-state index in [9.17, 15) is 0 Å². The Balaban J connectivity index is 1.82. The van der Waals surface area contributed by atoms with Crippen LogP contribution in [-0.2, 0) is 6.54 Å². The van der Waals surface area contributed by atoms with E-state index in [1.807, 2.05) is 30.9 Å². The fourth-order valence-electron chi connectivity index (χ4n) is 3.28. The number of anilines is 1. The summed E-state index contributed by atoms with van der Waals surface area (Å²) in [5, 5.41) is 22.8. The number of aromatic nitrogens is 2. The molecule has 1 aliphatic rings. The van der Waals surface area contributed by atoms with Gasteiger partial charge < -0.3 is 15.5 Å². The number of ether oxygens (including phenoxy) is 1. The van der Waals surface area contributed by atoms with E-state index in [1.54, 1.807) is 12.3 Å². The fourth-order valence-corrected chi connectivity index (χ4v) is 3.28. The number of halogens is 1. The van der Waals surface area contributed by atoms with Gasteiger partial charge in [-0.05, 0) is 38.1 Å². The molecule has 0 unspecified atom stereocenters. The largest absolute Gasteiger partial charge is 0.488 e. The molecule has 0 bridgehead atoms. The zero-order valence-corrected chi connectivity index (χ0v) is 16.5. The summed E-state index contributed by atoms with van der Waals surface area (Å²) in [6.07, 6.45) is 1.47. The van der Waals surface area contributed by atoms with E-state index in [1.165, 1.54) is 6.07 Å². The number of nitrogens with two attached hydrogens (primary N) is 1. The van der Waals surface area contributed by atoms with Gasteiger partial charge in [-0.3, -0.25) is 10.3 Å². The number of rotatable bonds is 6. The molecule has 1 aromatic heterocycles. The Morgan fingerprint density at radius 1 is 1.28 bits per heavy atom. The second kappa shape index (κ2) is 9.37. The van der Waals surface area contributed by atoms with Gasteiger partial charge in [0, 0.05) is 44.5 Å². The molecule has 1 fully saturated rings. The maximum absolute atomic E-state index is 15.3. The van der Waals surface area contributed by atoms with Crippen molar-refractivity contribution >= 4 is 11.5 Å². The highest BCUT2D eigenvalue weighted by molar-refractivity contribution is 6.02. The molecule has 9 nitrogen and oxygen atoms in total. The number of hydrogen-bond acceptors (Lipinski definition) is 7. The number of amidine groups is 1. The van der Waals surface area contributed by atoms with Gasteiger partial charge in [0.15, 0.2) is 17.4 Å². The summed E-state index contributed by atoms with van der Waals surface area (Å²) in [5.41, 5.74) is 1.51. The number of nitrogens with one attached hydrogen (secondary N) is 1. The summed E-state index contributed by atoms with van der Waals surface area (Å²) in [6, 6.07) is 6.93. The lowest BCUT2D eigenvalue weighted by molar-refractivity contribution is 0.229. The number of hydrogen-bond donors (Lipinski definition) is 2. The molecule has 0 radical (unpaired) electrons. The van der Waals surface area contributed by atoms with Gasteiger partial charge in [-0.25, -0.2) is 4.39 Å². The van der Waals surface area contributed by atoms with Crippen molar-refractivity contribution in [3.63, 3.8) is 0 Å². The third-order valence-corrected chi connectivity index (χ3v) is 4.56. The first-order valence-corrected chi connectivity index (χ1v) is 9.42. The Morgan fingerprint density at radius 3 is 2.66 bits per heavy atom. The van der Waals surface area contributed by atoms with Crippen LogP contribution in [0.2, 0.25) is 0 Å². The molecule has 0 amide bonds. The van der Waals surface area contributed by atoms with Crippen LogP contribution >= 0.6 is 0 Å². The summed E-state index contributed by atoms with van der Waals surface area (Å²) in [5.74, 6) is 4.54. The molecule has 1 aliphatic heterocycles. The highest BCUT2D eigenvalue weighted by atomic mass is 19.1. The van der Waals surface area contributed by atoms with Crippen LogP contribution in [0.5, 0.6) is 5.75 Å². The van der Waals surface area contributed by atoms with E-state index < -0.39 is 5.82 Å². The van der Waals surface area contributed by atoms with Crippen molar-refractivity contribution in [2.75, 3.05) is 31.1 Å². The van der Waals surface area contributed by atoms with Gasteiger partial charge in [0.1, 0.15) is 0 Å². The van der Waals surface area contributed by atoms with Gasteiger partial charge in [-0.2, -0.15) is 10.2 Å². The topological polar surface area (TPSA) is 116 Å². The first-order chi connectivity index (χ1) is 14.0. The number of piperazine rings is 1. The predicted molar refractivity (Wildman–Crippen MR) is 108 cm³/mol. The Morgan fingerprint density at radius 2 is 2.03 bits per heavy atom. The third-order valence-electron chi connectivity index (χ3n) is 4.56. The lowest BCUT2D eigenvalue weighted by atomic mass is 10.1. The van der Waals surface area contributed by atoms with Crippen LogP contribution < -0.4 is 15.5 Å². The van der Waals surface area contributed by atoms with E-state index in [-0.39, 0.29) is 17.7 Å². The Bertz CT molecular complexity index is 866. The minimum atomic E-state index is -0.504. The Hall–Kier alpha value is -3.14. The van der Waals surface area contributed by atoms with Crippen LogP contribution in [0.4, 0.5) is 10.1 Å². The fraction of sp³-hybridized carbons (Fsp3) is 0.421. The molecule has 3 N–H and O–H groups in total. The van der Waals surface area contributed by atoms with Crippen LogP contribution in [0.1, 0.15) is 25.1 Å². The summed E-state index contributed by atoms with van der Waals surface area (Å²) in [7, 11) is 0. The van der Waals surface area contributed by atoms with Crippen molar-refractivity contribution in [1.82, 2.24) is 15.1 Å². The van der Waals surface area contributed by atoms with Crippen molar-refractivity contribution in [2.45, 2.75) is 26.5 Å². The van der Waals surface area contributed by atoms with E-state index >= 15 is 4.39 Å². The third kappa shape index (κ3) is 5.02. The summed E-state index contributed by atoms with van der Waals surface area (Å²) < 4.78 is 20.9. The minimum Gasteiger partial charge on any atom is -0.488 e. The van der Waals surface area contributed by atoms with Crippen molar-refractivity contribution in [1.29, 1.82) is 5.41 Å². The van der Waals surface area contributed by atoms with Crippen LogP contribution in [-0.4, -0.2) is 53.2 Å². The molecule has 1 saturated heterocycles. The Kier molecular flexibility index (Phi) is 6.65. The van der Waals surface area contributed by atoms with Gasteiger partial charge in [0.25, 0.3) is 0 Å². The first-order valence-electron chi connectivity index (χ1n) is 9.42. The molecule has 10 heteroatoms. The van der Waals surface area contributed by atoms with Crippen molar-refractivity contribution in [3.8, 4) is 5.75 Å². The molecule has 0 aliphatic carbocycles. The van der Waals surface area contributed by atoms with Gasteiger partial charge >= 0.3 is 0 Å². The molecule has 154 valence electrons. The van der Waals surface area contributed by atoms with Gasteiger partial charge in [0.2, 0.25) is 0 Å². The SMILES string of the molecule is CC(C)Oc1ccc(C(=N)N=NN)c(N2CCN(Cc3cccnn3)CC2)c1F. The average molecular weight is 400 g/mol. The second-order valence-electron chi connectivity index (χ2n) is 6.98. The molecule has 0 atom stereocenters. The van der Waals surface area contributed by atoms with Crippen molar-refractivity contribution < 1.29 is 9.13 Å². The van der Waals surface area contributed by atoms with E-state index in [0.29, 0.717) is 30.9 Å². The molecule has 3 rings (SSSR count). The van der Waals surface area contributed by atoms with Crippen LogP contribution in [0.3, 0.4) is 0 Å². The number of benzene rings is 1. The summed E-state index contributed by atoms with van der Waals surface area (Å²) in [4.78, 5) is 4.14. The molecule has 29 heavy (non-hydrogen) atoms. The van der Waals surface area contributed by atoms with Crippen molar-refractivity contribution in [3.05, 3.63) is 47.5 Å². The standard InChI is InChI=1S/C19H25FN8O/c1-13(2)29-16-6-5-15(19(21)25-26-22)18(17(16)20)28-10-8-27(9-11-28)12-14-4-3-7-23-24-14/h3-7,13H,8-12H2,1-2H3,(H3,21,22,25). The highest BCUT2D eigenvalue weighted by Gasteiger charge is 2.26. The highest BCUT2D eigenvalue weighted by Crippen LogP contribution is 2.33.